The van der Waals surface area contributed by atoms with E-state index in [4.69, 9.17) is 14.7 Å². The van der Waals surface area contributed by atoms with Gasteiger partial charge in [0.15, 0.2) is 11.6 Å². The molecule has 2 heterocycles. The van der Waals surface area contributed by atoms with Crippen molar-refractivity contribution in [1.82, 2.24) is 15.3 Å². The highest BCUT2D eigenvalue weighted by Crippen LogP contribution is 2.18. The Bertz CT molecular complexity index is 1120. The van der Waals surface area contributed by atoms with Crippen LogP contribution in [0.15, 0.2) is 59.8 Å². The summed E-state index contributed by atoms with van der Waals surface area (Å²) in [5.41, 5.74) is 3.20. The summed E-state index contributed by atoms with van der Waals surface area (Å²) in [5, 5.41) is 15.2. The van der Waals surface area contributed by atoms with E-state index in [-0.39, 0.29) is 30.5 Å². The summed E-state index contributed by atoms with van der Waals surface area (Å²) >= 11 is 0. The number of hydrogen-bond acceptors (Lipinski definition) is 7. The molecule has 0 aliphatic carbocycles. The van der Waals surface area contributed by atoms with Gasteiger partial charge in [0, 0.05) is 13.0 Å². The first-order valence-corrected chi connectivity index (χ1v) is 10.3. The monoisotopic (exact) mass is 452 g/mol. The van der Waals surface area contributed by atoms with Gasteiger partial charge < -0.3 is 20.0 Å². The first-order valence-electron chi connectivity index (χ1n) is 10.3. The zero-order valence-corrected chi connectivity index (χ0v) is 18.4. The molecule has 9 heteroatoms. The Morgan fingerprint density at radius 2 is 1.94 bits per heavy atom. The number of ether oxygens (including phenoxy) is 1. The number of carbonyl (C=O) groups is 1. The summed E-state index contributed by atoms with van der Waals surface area (Å²) < 4.78 is 18.4. The van der Waals surface area contributed by atoms with Crippen molar-refractivity contribution in [1.29, 1.82) is 0 Å². The van der Waals surface area contributed by atoms with Gasteiger partial charge in [-0.2, -0.15) is 0 Å². The van der Waals surface area contributed by atoms with Crippen LogP contribution in [0.4, 0.5) is 4.39 Å². The lowest BCUT2D eigenvalue weighted by atomic mass is 10.1. The fourth-order valence-electron chi connectivity index (χ4n) is 2.99. The SMILES string of the molecule is COc1cc(CNC(=O)c2cc(C3=NOCC3)nc(C)n2)ccc1F.OCc1ccccc1. The van der Waals surface area contributed by atoms with Gasteiger partial charge in [-0.05, 0) is 36.2 Å². The molecule has 4 rings (SSSR count). The van der Waals surface area contributed by atoms with Gasteiger partial charge in [-0.25, -0.2) is 14.4 Å². The van der Waals surface area contributed by atoms with Gasteiger partial charge in [0.1, 0.15) is 23.8 Å². The van der Waals surface area contributed by atoms with E-state index in [1.54, 1.807) is 19.1 Å². The van der Waals surface area contributed by atoms with Crippen LogP contribution in [0.25, 0.3) is 0 Å². The van der Waals surface area contributed by atoms with Crippen molar-refractivity contribution in [2.45, 2.75) is 26.5 Å². The van der Waals surface area contributed by atoms with Crippen LogP contribution in [-0.4, -0.2) is 40.4 Å². The molecule has 3 aromatic rings. The second-order valence-corrected chi connectivity index (χ2v) is 7.10. The number of oxime groups is 1. The average molecular weight is 452 g/mol. The van der Waals surface area contributed by atoms with E-state index in [1.807, 2.05) is 30.3 Å². The van der Waals surface area contributed by atoms with Gasteiger partial charge in [0.25, 0.3) is 5.91 Å². The second-order valence-electron chi connectivity index (χ2n) is 7.10. The van der Waals surface area contributed by atoms with E-state index in [2.05, 4.69) is 20.4 Å². The van der Waals surface area contributed by atoms with E-state index >= 15 is 0 Å². The number of aliphatic hydroxyl groups is 1. The highest BCUT2D eigenvalue weighted by atomic mass is 19.1. The van der Waals surface area contributed by atoms with Crippen LogP contribution in [0.1, 0.15) is 39.6 Å². The Labute approximate surface area is 191 Å². The maximum atomic E-state index is 13.4. The predicted octanol–water partition coefficient (Wildman–Crippen LogP) is 3.17. The minimum absolute atomic E-state index is 0.131. The zero-order chi connectivity index (χ0) is 23.6. The number of aromatic nitrogens is 2. The molecule has 33 heavy (non-hydrogen) atoms. The molecule has 0 atom stereocenters. The van der Waals surface area contributed by atoms with Crippen LogP contribution in [0.2, 0.25) is 0 Å². The number of halogens is 1. The Morgan fingerprint density at radius 3 is 2.58 bits per heavy atom. The van der Waals surface area contributed by atoms with Crippen molar-refractivity contribution < 1.29 is 23.9 Å². The summed E-state index contributed by atoms with van der Waals surface area (Å²) in [6.07, 6.45) is 0.646. The molecule has 0 spiro atoms. The Hall–Kier alpha value is -3.85. The van der Waals surface area contributed by atoms with Crippen molar-refractivity contribution in [2.24, 2.45) is 5.16 Å². The topological polar surface area (TPSA) is 106 Å². The fourth-order valence-corrected chi connectivity index (χ4v) is 2.99. The number of methoxy groups -OCH3 is 1. The van der Waals surface area contributed by atoms with E-state index in [0.29, 0.717) is 35.8 Å². The highest BCUT2D eigenvalue weighted by molar-refractivity contribution is 6.01. The van der Waals surface area contributed by atoms with E-state index < -0.39 is 5.82 Å². The molecule has 2 aromatic carbocycles. The number of hydrogen-bond donors (Lipinski definition) is 2. The van der Waals surface area contributed by atoms with Gasteiger partial charge in [0.05, 0.1) is 19.4 Å². The van der Waals surface area contributed by atoms with Gasteiger partial charge in [-0.3, -0.25) is 4.79 Å². The van der Waals surface area contributed by atoms with Crippen LogP contribution < -0.4 is 10.1 Å². The first-order chi connectivity index (χ1) is 16.0. The lowest BCUT2D eigenvalue weighted by Crippen LogP contribution is -2.25. The molecule has 172 valence electrons. The molecule has 0 bridgehead atoms. The quantitative estimate of drug-likeness (QED) is 0.595. The van der Waals surface area contributed by atoms with Gasteiger partial charge >= 0.3 is 0 Å². The summed E-state index contributed by atoms with van der Waals surface area (Å²) in [6.45, 7) is 2.58. The molecule has 2 N–H and O–H groups in total. The van der Waals surface area contributed by atoms with Crippen molar-refractivity contribution in [3.63, 3.8) is 0 Å². The number of benzene rings is 2. The molecular formula is C24H25FN4O4. The average Bonchev–Trinajstić information content (AvgIpc) is 3.39. The summed E-state index contributed by atoms with van der Waals surface area (Å²) in [6, 6.07) is 15.5. The van der Waals surface area contributed by atoms with Crippen LogP contribution in [0.5, 0.6) is 5.75 Å². The molecular weight excluding hydrogens is 427 g/mol. The number of nitrogens with zero attached hydrogens (tertiary/aromatic N) is 3. The van der Waals surface area contributed by atoms with Crippen molar-refractivity contribution >= 4 is 11.6 Å². The fraction of sp³-hybridized carbons (Fsp3) is 0.250. The number of aliphatic hydroxyl groups excluding tert-OH is 1. The third-order valence-corrected chi connectivity index (χ3v) is 4.67. The number of carbonyl (C=O) groups excluding carboxylic acids is 1. The lowest BCUT2D eigenvalue weighted by molar-refractivity contribution is 0.0945. The largest absolute Gasteiger partial charge is 0.494 e. The van der Waals surface area contributed by atoms with Crippen molar-refractivity contribution in [3.8, 4) is 5.75 Å². The van der Waals surface area contributed by atoms with Crippen LogP contribution in [0, 0.1) is 12.7 Å². The summed E-state index contributed by atoms with van der Waals surface area (Å²) in [5.74, 6) is -0.199. The highest BCUT2D eigenvalue weighted by Gasteiger charge is 2.17. The number of rotatable bonds is 6. The lowest BCUT2D eigenvalue weighted by Gasteiger charge is -2.08. The normalized spacial score (nSPS) is 12.2. The van der Waals surface area contributed by atoms with Gasteiger partial charge in [-0.1, -0.05) is 41.6 Å². The standard InChI is InChI=1S/C17H17FN4O3.C7H8O/c1-10-20-14(13-5-6-25-22-13)8-15(21-10)17(23)19-9-11-3-4-12(18)16(7-11)24-2;8-6-7-4-2-1-3-5-7/h3-4,7-8H,5-6,9H2,1-2H3,(H,19,23);1-5,8H,6H2. The molecule has 8 nitrogen and oxygen atoms in total. The van der Waals surface area contributed by atoms with Crippen LogP contribution >= 0.6 is 0 Å². The zero-order valence-electron chi connectivity index (χ0n) is 18.4. The molecule has 0 radical (unpaired) electrons. The Kier molecular flexibility index (Phi) is 8.43. The molecule has 0 saturated carbocycles. The molecule has 1 aliphatic heterocycles. The molecule has 0 saturated heterocycles. The first kappa shape index (κ1) is 23.8. The smallest absolute Gasteiger partial charge is 0.270 e. The molecule has 0 unspecified atom stereocenters. The number of aryl methyl sites for hydroxylation is 1. The molecule has 1 aromatic heterocycles. The maximum Gasteiger partial charge on any atom is 0.270 e. The molecule has 0 fully saturated rings. The third-order valence-electron chi connectivity index (χ3n) is 4.67. The van der Waals surface area contributed by atoms with Crippen LogP contribution in [-0.2, 0) is 18.0 Å². The van der Waals surface area contributed by atoms with Gasteiger partial charge in [-0.15, -0.1) is 0 Å². The Balaban J connectivity index is 0.000000323. The van der Waals surface area contributed by atoms with Crippen molar-refractivity contribution in [2.75, 3.05) is 13.7 Å². The van der Waals surface area contributed by atoms with Crippen LogP contribution in [0.3, 0.4) is 0 Å². The maximum absolute atomic E-state index is 13.4. The third kappa shape index (κ3) is 6.81. The summed E-state index contributed by atoms with van der Waals surface area (Å²) in [4.78, 5) is 25.8. The number of amides is 1. The Morgan fingerprint density at radius 1 is 1.15 bits per heavy atom. The number of nitrogens with one attached hydrogen (secondary N) is 1. The molecule has 1 amide bonds. The predicted molar refractivity (Wildman–Crippen MR) is 120 cm³/mol. The van der Waals surface area contributed by atoms with Crippen molar-refractivity contribution in [3.05, 3.63) is 88.8 Å². The van der Waals surface area contributed by atoms with E-state index in [0.717, 1.165) is 5.56 Å². The van der Waals surface area contributed by atoms with Gasteiger partial charge in [0.2, 0.25) is 0 Å². The minimum atomic E-state index is -0.451. The minimum Gasteiger partial charge on any atom is -0.494 e. The molecule has 1 aliphatic rings. The summed E-state index contributed by atoms with van der Waals surface area (Å²) in [7, 11) is 1.39. The van der Waals surface area contributed by atoms with E-state index in [9.17, 15) is 9.18 Å². The van der Waals surface area contributed by atoms with E-state index in [1.165, 1.54) is 19.2 Å². The second kappa shape index (κ2) is 11.7.